The van der Waals surface area contributed by atoms with Gasteiger partial charge in [0.1, 0.15) is 0 Å². The molecule has 0 spiro atoms. The van der Waals surface area contributed by atoms with Gasteiger partial charge in [-0.25, -0.2) is 0 Å². The Morgan fingerprint density at radius 2 is 1.93 bits per heavy atom. The van der Waals surface area contributed by atoms with E-state index >= 15 is 0 Å². The number of hydrogen-bond acceptors (Lipinski definition) is 4. The molecule has 1 aromatic rings. The lowest BCUT2D eigenvalue weighted by atomic mass is 9.85. The third kappa shape index (κ3) is 4.58. The molecule has 3 rings (SSSR count). The maximum Gasteiger partial charge on any atom is 0.471 e. The van der Waals surface area contributed by atoms with Crippen molar-refractivity contribution in [2.24, 2.45) is 0 Å². The van der Waals surface area contributed by atoms with Gasteiger partial charge in [-0.1, -0.05) is 6.42 Å². The fourth-order valence-electron chi connectivity index (χ4n) is 3.94. The highest BCUT2D eigenvalue weighted by atomic mass is 19.4. The molecule has 0 saturated carbocycles. The zero-order chi connectivity index (χ0) is 19.6. The Bertz CT molecular complexity index is 731. The summed E-state index contributed by atoms with van der Waals surface area (Å²) >= 11 is 0. The summed E-state index contributed by atoms with van der Waals surface area (Å²) in [5, 5.41) is 13.5. The van der Waals surface area contributed by atoms with Crippen molar-refractivity contribution in [3.05, 3.63) is 38.9 Å². The van der Waals surface area contributed by atoms with Crippen LogP contribution in [0.4, 0.5) is 18.9 Å². The van der Waals surface area contributed by atoms with Crippen molar-refractivity contribution in [2.45, 2.75) is 57.3 Å². The number of nitrogens with zero attached hydrogens (tertiary/aromatic N) is 2. The van der Waals surface area contributed by atoms with Gasteiger partial charge < -0.3 is 5.32 Å². The first-order chi connectivity index (χ1) is 12.8. The van der Waals surface area contributed by atoms with E-state index in [0.717, 1.165) is 37.9 Å². The smallest absolute Gasteiger partial charge is 0.341 e. The van der Waals surface area contributed by atoms with Gasteiger partial charge >= 0.3 is 12.1 Å². The number of fused-ring (bicyclic) bond motifs is 1. The summed E-state index contributed by atoms with van der Waals surface area (Å²) in [7, 11) is 0. The van der Waals surface area contributed by atoms with E-state index in [9.17, 15) is 28.1 Å². The number of nitro groups is 1. The van der Waals surface area contributed by atoms with Crippen molar-refractivity contribution < 1.29 is 22.9 Å². The zero-order valence-corrected chi connectivity index (χ0v) is 14.8. The van der Waals surface area contributed by atoms with E-state index in [-0.39, 0.29) is 5.69 Å². The third-order valence-electron chi connectivity index (χ3n) is 5.26. The fraction of sp³-hybridized carbons (Fsp3) is 0.611. The Hall–Kier alpha value is -2.16. The van der Waals surface area contributed by atoms with E-state index < -0.39 is 23.0 Å². The van der Waals surface area contributed by atoms with Gasteiger partial charge in [0.25, 0.3) is 5.69 Å². The van der Waals surface area contributed by atoms with Gasteiger partial charge in [-0.2, -0.15) is 13.2 Å². The lowest BCUT2D eigenvalue weighted by Gasteiger charge is -2.29. The van der Waals surface area contributed by atoms with Gasteiger partial charge in [-0.15, -0.1) is 0 Å². The van der Waals surface area contributed by atoms with Gasteiger partial charge in [0, 0.05) is 18.2 Å². The van der Waals surface area contributed by atoms with Gasteiger partial charge in [0.05, 0.1) is 11.0 Å². The van der Waals surface area contributed by atoms with Crippen LogP contribution >= 0.6 is 0 Å². The second-order valence-electron chi connectivity index (χ2n) is 7.19. The second-order valence-corrected chi connectivity index (χ2v) is 7.19. The van der Waals surface area contributed by atoms with Gasteiger partial charge in [-0.05, 0) is 62.4 Å². The molecule has 27 heavy (non-hydrogen) atoms. The summed E-state index contributed by atoms with van der Waals surface area (Å²) < 4.78 is 37.8. The lowest BCUT2D eigenvalue weighted by molar-refractivity contribution is -0.385. The SMILES string of the molecule is O=C(NC1CCCc2cc(CN3CCCCC3)c([N+](=O)[O-])cc21)C(F)(F)F. The van der Waals surface area contributed by atoms with E-state index in [2.05, 4.69) is 4.90 Å². The van der Waals surface area contributed by atoms with Crippen LogP contribution in [0, 0.1) is 10.1 Å². The number of benzene rings is 1. The molecule has 148 valence electrons. The first kappa shape index (κ1) is 19.6. The van der Waals surface area contributed by atoms with Crippen molar-refractivity contribution in [1.29, 1.82) is 0 Å². The molecule has 1 unspecified atom stereocenters. The predicted octanol–water partition coefficient (Wildman–Crippen LogP) is 3.64. The zero-order valence-electron chi connectivity index (χ0n) is 14.8. The second kappa shape index (κ2) is 7.84. The number of carbonyl (C=O) groups is 1. The van der Waals surface area contributed by atoms with Crippen LogP contribution in [0.1, 0.15) is 54.8 Å². The molecule has 1 heterocycles. The Morgan fingerprint density at radius 1 is 1.22 bits per heavy atom. The van der Waals surface area contributed by atoms with Crippen molar-refractivity contribution in [2.75, 3.05) is 13.1 Å². The lowest BCUT2D eigenvalue weighted by Crippen LogP contribution is -2.40. The summed E-state index contributed by atoms with van der Waals surface area (Å²) in [6, 6.07) is 2.24. The Balaban J connectivity index is 1.89. The third-order valence-corrected chi connectivity index (χ3v) is 5.26. The minimum Gasteiger partial charge on any atom is -0.341 e. The number of hydrogen-bond donors (Lipinski definition) is 1. The predicted molar refractivity (Wildman–Crippen MR) is 92.1 cm³/mol. The number of aryl methyl sites for hydroxylation is 1. The summed E-state index contributed by atoms with van der Waals surface area (Å²) in [6.45, 7) is 2.24. The molecule has 6 nitrogen and oxygen atoms in total. The monoisotopic (exact) mass is 385 g/mol. The maximum atomic E-state index is 12.6. The Morgan fingerprint density at radius 3 is 2.56 bits per heavy atom. The van der Waals surface area contributed by atoms with Crippen LogP contribution in [-0.2, 0) is 17.8 Å². The summed E-state index contributed by atoms with van der Waals surface area (Å²) in [5.74, 6) is -2.01. The molecule has 1 saturated heterocycles. The molecule has 2 aliphatic rings. The minimum absolute atomic E-state index is 0.0903. The number of nitro benzene ring substituents is 1. The van der Waals surface area contributed by atoms with Crippen LogP contribution in [0.25, 0.3) is 0 Å². The molecule has 1 N–H and O–H groups in total. The molecule has 1 atom stereocenters. The van der Waals surface area contributed by atoms with Crippen LogP contribution in [0.5, 0.6) is 0 Å². The van der Waals surface area contributed by atoms with Crippen molar-refractivity contribution >= 4 is 11.6 Å². The molecule has 0 bridgehead atoms. The molecule has 0 aromatic heterocycles. The van der Waals surface area contributed by atoms with Gasteiger partial charge in [0.15, 0.2) is 0 Å². The van der Waals surface area contributed by atoms with Crippen LogP contribution in [0.15, 0.2) is 12.1 Å². The first-order valence-electron chi connectivity index (χ1n) is 9.16. The molecular formula is C18H22F3N3O3. The number of nitrogens with one attached hydrogen (secondary N) is 1. The average Bonchev–Trinajstić information content (AvgIpc) is 2.61. The molecule has 1 aliphatic heterocycles. The van der Waals surface area contributed by atoms with E-state index in [1.165, 1.54) is 6.07 Å². The molecule has 0 radical (unpaired) electrons. The van der Waals surface area contributed by atoms with Crippen molar-refractivity contribution in [1.82, 2.24) is 10.2 Å². The maximum absolute atomic E-state index is 12.6. The highest BCUT2D eigenvalue weighted by Gasteiger charge is 2.40. The molecule has 1 aromatic carbocycles. The average molecular weight is 385 g/mol. The number of rotatable bonds is 4. The summed E-state index contributed by atoms with van der Waals surface area (Å²) in [6.07, 6.45) is -0.109. The Labute approximate surface area is 154 Å². The summed E-state index contributed by atoms with van der Waals surface area (Å²) in [4.78, 5) is 24.6. The molecule has 1 aliphatic carbocycles. The van der Waals surface area contributed by atoms with Crippen molar-refractivity contribution in [3.8, 4) is 0 Å². The van der Waals surface area contributed by atoms with E-state index in [0.29, 0.717) is 36.9 Å². The molecule has 1 amide bonds. The van der Waals surface area contributed by atoms with E-state index in [1.807, 2.05) is 5.32 Å². The van der Waals surface area contributed by atoms with Crippen LogP contribution < -0.4 is 5.32 Å². The van der Waals surface area contributed by atoms with E-state index in [1.54, 1.807) is 6.07 Å². The standard InChI is InChI=1S/C18H22F3N3O3/c19-18(20,21)17(25)22-15-6-4-5-12-9-13(11-23-7-2-1-3-8-23)16(24(26)27)10-14(12)15/h9-10,15H,1-8,11H2,(H,22,25). The summed E-state index contributed by atoms with van der Waals surface area (Å²) in [5.41, 5.74) is 1.70. The quantitative estimate of drug-likeness (QED) is 0.634. The first-order valence-corrected chi connectivity index (χ1v) is 9.16. The number of piperidine rings is 1. The molecular weight excluding hydrogens is 363 g/mol. The van der Waals surface area contributed by atoms with E-state index in [4.69, 9.17) is 0 Å². The van der Waals surface area contributed by atoms with Crippen LogP contribution in [0.3, 0.4) is 0 Å². The largest absolute Gasteiger partial charge is 0.471 e. The van der Waals surface area contributed by atoms with Gasteiger partial charge in [0.2, 0.25) is 0 Å². The number of alkyl halides is 3. The fourth-order valence-corrected chi connectivity index (χ4v) is 3.94. The minimum atomic E-state index is -4.97. The number of likely N-dealkylation sites (tertiary alicyclic amines) is 1. The highest BCUT2D eigenvalue weighted by Crippen LogP contribution is 2.36. The van der Waals surface area contributed by atoms with Crippen molar-refractivity contribution in [3.63, 3.8) is 0 Å². The molecule has 1 fully saturated rings. The Kier molecular flexibility index (Phi) is 5.69. The van der Waals surface area contributed by atoms with Crippen LogP contribution in [0.2, 0.25) is 0 Å². The topological polar surface area (TPSA) is 75.5 Å². The number of amides is 1. The van der Waals surface area contributed by atoms with Gasteiger partial charge in [-0.3, -0.25) is 19.8 Å². The highest BCUT2D eigenvalue weighted by molar-refractivity contribution is 5.82. The number of halogens is 3. The van der Waals surface area contributed by atoms with Crippen LogP contribution in [-0.4, -0.2) is 35.0 Å². The molecule has 9 heteroatoms. The number of carbonyl (C=O) groups excluding carboxylic acids is 1. The normalized spacial score (nSPS) is 20.8.